The molecule has 0 N–H and O–H groups in total. The van der Waals surface area contributed by atoms with Crippen LogP contribution in [-0.2, 0) is 9.31 Å². The maximum Gasteiger partial charge on any atom is 0.495 e. The van der Waals surface area contributed by atoms with Crippen LogP contribution in [0.15, 0.2) is 30.3 Å². The highest BCUT2D eigenvalue weighted by atomic mass is 79.9. The van der Waals surface area contributed by atoms with Crippen LogP contribution in [0.5, 0.6) is 0 Å². The van der Waals surface area contributed by atoms with Crippen molar-refractivity contribution in [3.8, 4) is 0 Å². The van der Waals surface area contributed by atoms with Gasteiger partial charge in [0.1, 0.15) is 10.0 Å². The summed E-state index contributed by atoms with van der Waals surface area (Å²) in [6.07, 6.45) is 0. The third kappa shape index (κ3) is 2.15. The number of halogens is 2. The lowest BCUT2D eigenvalue weighted by Gasteiger charge is -2.02. The predicted molar refractivity (Wildman–Crippen MR) is 59.4 cm³/mol. The van der Waals surface area contributed by atoms with E-state index in [-0.39, 0.29) is 17.1 Å². The van der Waals surface area contributed by atoms with Gasteiger partial charge in [-0.25, -0.2) is 0 Å². The fraction of sp³-hybridized carbons (Fsp3) is 0.250. The van der Waals surface area contributed by atoms with E-state index in [1.165, 1.54) is 0 Å². The molecule has 0 radical (unpaired) electrons. The van der Waals surface area contributed by atoms with Crippen molar-refractivity contribution in [2.24, 2.45) is 0 Å². The first kappa shape index (κ1) is 9.71. The lowest BCUT2D eigenvalue weighted by molar-refractivity contribution is 0.316. The molecule has 0 aromatic heterocycles. The summed E-state index contributed by atoms with van der Waals surface area (Å²) >= 11 is 6.69. The normalized spacial score (nSPS) is 28.0. The maximum absolute atomic E-state index is 5.51. The summed E-state index contributed by atoms with van der Waals surface area (Å²) in [5, 5.41) is -0.171. The lowest BCUT2D eigenvalue weighted by Crippen LogP contribution is -2.31. The van der Waals surface area contributed by atoms with E-state index in [1.54, 1.807) is 0 Å². The van der Waals surface area contributed by atoms with Crippen LogP contribution >= 0.6 is 31.9 Å². The topological polar surface area (TPSA) is 18.5 Å². The highest BCUT2D eigenvalue weighted by Gasteiger charge is 2.37. The van der Waals surface area contributed by atoms with Gasteiger partial charge in [-0.1, -0.05) is 62.2 Å². The molecule has 0 bridgehead atoms. The molecule has 2 unspecified atom stereocenters. The molecule has 0 aliphatic carbocycles. The molecular formula is C8H7BBr2O2. The molecule has 0 amide bonds. The highest BCUT2D eigenvalue weighted by Crippen LogP contribution is 2.25. The largest absolute Gasteiger partial charge is 0.495 e. The monoisotopic (exact) mass is 304 g/mol. The Kier molecular flexibility index (Phi) is 3.08. The van der Waals surface area contributed by atoms with E-state index in [0.29, 0.717) is 0 Å². The van der Waals surface area contributed by atoms with Gasteiger partial charge in [-0.3, -0.25) is 0 Å². The van der Waals surface area contributed by atoms with Crippen LogP contribution in [0, 0.1) is 0 Å². The summed E-state index contributed by atoms with van der Waals surface area (Å²) in [5.74, 6) is 0. The zero-order valence-electron chi connectivity index (χ0n) is 6.69. The minimum Gasteiger partial charge on any atom is -0.391 e. The maximum atomic E-state index is 5.51. The second-order valence-corrected chi connectivity index (χ2v) is 4.52. The molecule has 2 nitrogen and oxygen atoms in total. The Morgan fingerprint density at radius 3 is 2.08 bits per heavy atom. The number of rotatable bonds is 1. The molecule has 0 spiro atoms. The summed E-state index contributed by atoms with van der Waals surface area (Å²) in [7, 11) is -0.269. The first-order valence-electron chi connectivity index (χ1n) is 3.91. The van der Waals surface area contributed by atoms with Crippen molar-refractivity contribution in [2.75, 3.05) is 0 Å². The van der Waals surface area contributed by atoms with E-state index in [2.05, 4.69) is 31.9 Å². The van der Waals surface area contributed by atoms with Gasteiger partial charge in [-0.05, 0) is 5.46 Å². The number of hydrogen-bond acceptors (Lipinski definition) is 2. The van der Waals surface area contributed by atoms with E-state index in [9.17, 15) is 0 Å². The van der Waals surface area contributed by atoms with Gasteiger partial charge in [0.25, 0.3) is 0 Å². The molecule has 2 rings (SSSR count). The molecule has 13 heavy (non-hydrogen) atoms. The molecule has 1 aliphatic heterocycles. The quantitative estimate of drug-likeness (QED) is 0.582. The Morgan fingerprint density at radius 1 is 1.00 bits per heavy atom. The average molecular weight is 306 g/mol. The van der Waals surface area contributed by atoms with Crippen LogP contribution in [0.1, 0.15) is 0 Å². The standard InChI is InChI=1S/C8H7BBr2O2/c10-7-8(11)13-9(12-7)6-4-2-1-3-5-6/h1-5,7-8H. The summed E-state index contributed by atoms with van der Waals surface area (Å²) in [5.41, 5.74) is 1.04. The van der Waals surface area contributed by atoms with Crippen LogP contribution < -0.4 is 5.46 Å². The van der Waals surface area contributed by atoms with Crippen LogP contribution in [-0.4, -0.2) is 17.1 Å². The van der Waals surface area contributed by atoms with Crippen LogP contribution in [0.25, 0.3) is 0 Å². The Morgan fingerprint density at radius 2 is 1.54 bits per heavy atom. The van der Waals surface area contributed by atoms with Crippen LogP contribution in [0.2, 0.25) is 0 Å². The molecule has 1 fully saturated rings. The van der Waals surface area contributed by atoms with Crippen LogP contribution in [0.4, 0.5) is 0 Å². The van der Waals surface area contributed by atoms with Gasteiger partial charge in [0, 0.05) is 0 Å². The summed E-state index contributed by atoms with van der Waals surface area (Å²) < 4.78 is 11.0. The Hall–Kier alpha value is 0.165. The number of benzene rings is 1. The second-order valence-electron chi connectivity index (χ2n) is 2.72. The Balaban J connectivity index is 2.12. The molecule has 1 heterocycles. The van der Waals surface area contributed by atoms with Crippen molar-refractivity contribution in [3.63, 3.8) is 0 Å². The Bertz CT molecular complexity index is 273. The zero-order chi connectivity index (χ0) is 9.26. The van der Waals surface area contributed by atoms with Crippen molar-refractivity contribution < 1.29 is 9.31 Å². The number of alkyl halides is 2. The smallest absolute Gasteiger partial charge is 0.391 e. The molecule has 1 aliphatic rings. The first-order valence-corrected chi connectivity index (χ1v) is 5.74. The van der Waals surface area contributed by atoms with Crippen molar-refractivity contribution in [2.45, 2.75) is 10.0 Å². The van der Waals surface area contributed by atoms with Crippen molar-refractivity contribution in [3.05, 3.63) is 30.3 Å². The summed E-state index contributed by atoms with van der Waals surface area (Å²) in [6.45, 7) is 0. The highest BCUT2D eigenvalue weighted by molar-refractivity contribution is 9.12. The molecule has 5 heteroatoms. The van der Waals surface area contributed by atoms with Gasteiger partial charge in [-0.15, -0.1) is 0 Å². The van der Waals surface area contributed by atoms with E-state index >= 15 is 0 Å². The van der Waals surface area contributed by atoms with Gasteiger partial charge in [0.2, 0.25) is 0 Å². The van der Waals surface area contributed by atoms with E-state index in [4.69, 9.17) is 9.31 Å². The van der Waals surface area contributed by atoms with E-state index in [1.807, 2.05) is 30.3 Å². The number of hydrogen-bond donors (Lipinski definition) is 0. The lowest BCUT2D eigenvalue weighted by atomic mass is 9.80. The summed E-state index contributed by atoms with van der Waals surface area (Å²) in [4.78, 5) is 0. The molecule has 68 valence electrons. The third-order valence-electron chi connectivity index (χ3n) is 1.78. The first-order chi connectivity index (χ1) is 6.27. The van der Waals surface area contributed by atoms with Crippen LogP contribution in [0.3, 0.4) is 0 Å². The van der Waals surface area contributed by atoms with E-state index < -0.39 is 0 Å². The van der Waals surface area contributed by atoms with Gasteiger partial charge >= 0.3 is 7.12 Å². The third-order valence-corrected chi connectivity index (χ3v) is 3.89. The molecule has 0 saturated carbocycles. The predicted octanol–water partition coefficient (Wildman–Crippen LogP) is 1.87. The second kappa shape index (κ2) is 4.13. The fourth-order valence-electron chi connectivity index (χ4n) is 1.16. The Labute approximate surface area is 94.0 Å². The molecule has 1 aromatic carbocycles. The SMILES string of the molecule is BrC1OB(c2ccccc2)OC1Br. The average Bonchev–Trinajstić information content (AvgIpc) is 2.49. The summed E-state index contributed by atoms with van der Waals surface area (Å²) in [6, 6.07) is 9.86. The van der Waals surface area contributed by atoms with Gasteiger partial charge in [-0.2, -0.15) is 0 Å². The van der Waals surface area contributed by atoms with E-state index in [0.717, 1.165) is 5.46 Å². The fourth-order valence-corrected chi connectivity index (χ4v) is 1.80. The van der Waals surface area contributed by atoms with Crippen molar-refractivity contribution in [1.29, 1.82) is 0 Å². The minimum atomic E-state index is -0.269. The van der Waals surface area contributed by atoms with Gasteiger partial charge in [0.05, 0.1) is 0 Å². The van der Waals surface area contributed by atoms with Gasteiger partial charge in [0.15, 0.2) is 0 Å². The van der Waals surface area contributed by atoms with Crippen molar-refractivity contribution >= 4 is 44.4 Å². The molecule has 2 atom stereocenters. The zero-order valence-corrected chi connectivity index (χ0v) is 9.86. The molecule has 1 saturated heterocycles. The molecular weight excluding hydrogens is 299 g/mol. The molecule has 1 aromatic rings. The minimum absolute atomic E-state index is 0.0855. The van der Waals surface area contributed by atoms with Gasteiger partial charge < -0.3 is 9.31 Å². The van der Waals surface area contributed by atoms with Crippen molar-refractivity contribution in [1.82, 2.24) is 0 Å².